The van der Waals surface area contributed by atoms with Crippen LogP contribution in [0.15, 0.2) is 23.1 Å². The molecule has 1 amide bonds. The first-order valence-corrected chi connectivity index (χ1v) is 8.57. The monoisotopic (exact) mass is 317 g/mol. The van der Waals surface area contributed by atoms with Gasteiger partial charge in [-0.05, 0) is 37.0 Å². The summed E-state index contributed by atoms with van der Waals surface area (Å²) in [5.41, 5.74) is 0.391. The first-order valence-electron chi connectivity index (χ1n) is 6.26. The standard InChI is InChI=1S/C13H16ClNO4S/c1-8(9-3-4-9)13(16)15-10-5-6-11(19-2)12(7-10)20(14,17)18/h5-9H,3-4H2,1-2H3,(H,15,16). The first-order chi connectivity index (χ1) is 9.32. The summed E-state index contributed by atoms with van der Waals surface area (Å²) in [6, 6.07) is 4.35. The number of nitrogens with one attached hydrogen (secondary N) is 1. The molecule has 1 aromatic rings. The van der Waals surface area contributed by atoms with Gasteiger partial charge < -0.3 is 10.1 Å². The van der Waals surface area contributed by atoms with Gasteiger partial charge in [0.2, 0.25) is 5.91 Å². The Hall–Kier alpha value is -1.27. The summed E-state index contributed by atoms with van der Waals surface area (Å²) in [5.74, 6) is 0.390. The third-order valence-corrected chi connectivity index (χ3v) is 4.78. The van der Waals surface area contributed by atoms with Gasteiger partial charge in [-0.3, -0.25) is 4.79 Å². The molecule has 7 heteroatoms. The maximum absolute atomic E-state index is 12.0. The molecule has 1 fully saturated rings. The Kier molecular flexibility index (Phi) is 4.25. The molecule has 0 heterocycles. The number of carbonyl (C=O) groups is 1. The molecule has 0 saturated heterocycles. The van der Waals surface area contributed by atoms with Gasteiger partial charge in [0.25, 0.3) is 9.05 Å². The Bertz CT molecular complexity index is 625. The predicted octanol–water partition coefficient (Wildman–Crippen LogP) is 2.61. The van der Waals surface area contributed by atoms with E-state index in [9.17, 15) is 13.2 Å². The summed E-state index contributed by atoms with van der Waals surface area (Å²) in [6.45, 7) is 1.87. The van der Waals surface area contributed by atoms with Crippen molar-refractivity contribution in [3.05, 3.63) is 18.2 Å². The average molecular weight is 318 g/mol. The van der Waals surface area contributed by atoms with E-state index in [0.29, 0.717) is 11.6 Å². The molecule has 1 N–H and O–H groups in total. The molecule has 0 aromatic heterocycles. The lowest BCUT2D eigenvalue weighted by atomic mass is 10.1. The Morgan fingerprint density at radius 3 is 2.60 bits per heavy atom. The van der Waals surface area contributed by atoms with E-state index in [1.165, 1.54) is 19.2 Å². The second-order valence-electron chi connectivity index (χ2n) is 4.92. The summed E-state index contributed by atoms with van der Waals surface area (Å²) in [4.78, 5) is 11.8. The fourth-order valence-corrected chi connectivity index (χ4v) is 3.03. The maximum atomic E-state index is 12.0. The molecule has 1 aliphatic rings. The van der Waals surface area contributed by atoms with E-state index in [0.717, 1.165) is 12.8 Å². The Balaban J connectivity index is 2.22. The molecule has 1 unspecified atom stereocenters. The van der Waals surface area contributed by atoms with Crippen LogP contribution in [-0.4, -0.2) is 21.4 Å². The number of hydrogen-bond acceptors (Lipinski definition) is 4. The average Bonchev–Trinajstić information content (AvgIpc) is 3.21. The molecule has 0 radical (unpaired) electrons. The SMILES string of the molecule is COc1ccc(NC(=O)C(C)C2CC2)cc1S(=O)(=O)Cl. The minimum atomic E-state index is -3.93. The van der Waals surface area contributed by atoms with Gasteiger partial charge in [0.05, 0.1) is 7.11 Å². The summed E-state index contributed by atoms with van der Waals surface area (Å²) in [7, 11) is 2.78. The molecule has 110 valence electrons. The lowest BCUT2D eigenvalue weighted by molar-refractivity contribution is -0.119. The van der Waals surface area contributed by atoms with Gasteiger partial charge in [-0.25, -0.2) is 8.42 Å². The van der Waals surface area contributed by atoms with Crippen molar-refractivity contribution < 1.29 is 17.9 Å². The molecule has 20 heavy (non-hydrogen) atoms. The highest BCUT2D eigenvalue weighted by Gasteiger charge is 2.32. The van der Waals surface area contributed by atoms with Crippen LogP contribution in [-0.2, 0) is 13.8 Å². The Morgan fingerprint density at radius 1 is 1.45 bits per heavy atom. The predicted molar refractivity (Wildman–Crippen MR) is 76.6 cm³/mol. The summed E-state index contributed by atoms with van der Waals surface area (Å²) in [6.07, 6.45) is 2.14. The van der Waals surface area contributed by atoms with Crippen molar-refractivity contribution in [2.24, 2.45) is 11.8 Å². The van der Waals surface area contributed by atoms with Gasteiger partial charge in [-0.2, -0.15) is 0 Å². The van der Waals surface area contributed by atoms with E-state index < -0.39 is 9.05 Å². The minimum Gasteiger partial charge on any atom is -0.495 e. The van der Waals surface area contributed by atoms with E-state index in [-0.39, 0.29) is 22.5 Å². The highest BCUT2D eigenvalue weighted by Crippen LogP contribution is 2.37. The number of benzene rings is 1. The van der Waals surface area contributed by atoms with Gasteiger partial charge in [0.1, 0.15) is 10.6 Å². The molecule has 1 aromatic carbocycles. The molecule has 1 atom stereocenters. The zero-order valence-corrected chi connectivity index (χ0v) is 12.8. The Morgan fingerprint density at radius 2 is 2.10 bits per heavy atom. The first kappa shape index (κ1) is 15.1. The van der Waals surface area contributed by atoms with E-state index in [1.807, 2.05) is 6.92 Å². The van der Waals surface area contributed by atoms with Crippen molar-refractivity contribution in [3.8, 4) is 5.75 Å². The van der Waals surface area contributed by atoms with Crippen LogP contribution in [0.4, 0.5) is 5.69 Å². The number of hydrogen-bond donors (Lipinski definition) is 1. The van der Waals surface area contributed by atoms with Crippen LogP contribution in [0.3, 0.4) is 0 Å². The number of ether oxygens (including phenoxy) is 1. The van der Waals surface area contributed by atoms with Crippen LogP contribution in [0, 0.1) is 11.8 Å². The Labute approximate surface area is 122 Å². The second-order valence-corrected chi connectivity index (χ2v) is 7.45. The number of methoxy groups -OCH3 is 1. The minimum absolute atomic E-state index is 0.0758. The van der Waals surface area contributed by atoms with E-state index in [1.54, 1.807) is 6.07 Å². The quantitative estimate of drug-likeness (QED) is 0.847. The zero-order valence-electron chi connectivity index (χ0n) is 11.2. The number of amides is 1. The van der Waals surface area contributed by atoms with Crippen molar-refractivity contribution in [2.45, 2.75) is 24.7 Å². The maximum Gasteiger partial charge on any atom is 0.265 e. The van der Waals surface area contributed by atoms with Crippen molar-refractivity contribution >= 4 is 31.3 Å². The van der Waals surface area contributed by atoms with Crippen LogP contribution in [0.5, 0.6) is 5.75 Å². The smallest absolute Gasteiger partial charge is 0.265 e. The molecular formula is C13H16ClNO4S. The van der Waals surface area contributed by atoms with Gasteiger partial charge in [0.15, 0.2) is 0 Å². The molecule has 0 bridgehead atoms. The van der Waals surface area contributed by atoms with Crippen molar-refractivity contribution in [1.82, 2.24) is 0 Å². The fourth-order valence-electron chi connectivity index (χ4n) is 2.01. The van der Waals surface area contributed by atoms with Gasteiger partial charge in [-0.15, -0.1) is 0 Å². The summed E-state index contributed by atoms with van der Waals surface area (Å²) >= 11 is 0. The zero-order chi connectivity index (χ0) is 14.9. The number of halogens is 1. The molecular weight excluding hydrogens is 302 g/mol. The third kappa shape index (κ3) is 3.43. The third-order valence-electron chi connectivity index (χ3n) is 3.44. The normalized spacial score (nSPS) is 16.6. The number of anilines is 1. The van der Waals surface area contributed by atoms with Crippen molar-refractivity contribution in [3.63, 3.8) is 0 Å². The molecule has 1 saturated carbocycles. The number of carbonyl (C=O) groups excluding carboxylic acids is 1. The molecule has 0 aliphatic heterocycles. The van der Waals surface area contributed by atoms with Crippen molar-refractivity contribution in [2.75, 3.05) is 12.4 Å². The van der Waals surface area contributed by atoms with E-state index in [4.69, 9.17) is 15.4 Å². The number of rotatable bonds is 5. The van der Waals surface area contributed by atoms with Gasteiger partial charge >= 0.3 is 0 Å². The molecule has 2 rings (SSSR count). The van der Waals surface area contributed by atoms with E-state index in [2.05, 4.69) is 5.32 Å². The van der Waals surface area contributed by atoms with E-state index >= 15 is 0 Å². The fraction of sp³-hybridized carbons (Fsp3) is 0.462. The van der Waals surface area contributed by atoms with Crippen LogP contribution in [0.2, 0.25) is 0 Å². The summed E-state index contributed by atoms with van der Waals surface area (Å²) in [5, 5.41) is 2.71. The van der Waals surface area contributed by atoms with Gasteiger partial charge in [0, 0.05) is 22.3 Å². The summed E-state index contributed by atoms with van der Waals surface area (Å²) < 4.78 is 27.9. The van der Waals surface area contributed by atoms with Crippen molar-refractivity contribution in [1.29, 1.82) is 0 Å². The second kappa shape index (κ2) is 5.61. The highest BCUT2D eigenvalue weighted by atomic mass is 35.7. The molecule has 5 nitrogen and oxygen atoms in total. The van der Waals surface area contributed by atoms with Crippen LogP contribution < -0.4 is 10.1 Å². The molecule has 1 aliphatic carbocycles. The lowest BCUT2D eigenvalue weighted by Gasteiger charge is -2.13. The van der Waals surface area contributed by atoms with Gasteiger partial charge in [-0.1, -0.05) is 6.92 Å². The highest BCUT2D eigenvalue weighted by molar-refractivity contribution is 8.13. The van der Waals surface area contributed by atoms with Crippen LogP contribution in [0.1, 0.15) is 19.8 Å². The molecule has 0 spiro atoms. The largest absolute Gasteiger partial charge is 0.495 e. The van der Waals surface area contributed by atoms with Crippen LogP contribution >= 0.6 is 10.7 Å². The topological polar surface area (TPSA) is 72.5 Å². The lowest BCUT2D eigenvalue weighted by Crippen LogP contribution is -2.21. The van der Waals surface area contributed by atoms with Crippen LogP contribution in [0.25, 0.3) is 0 Å².